The maximum Gasteiger partial charge on any atom is 0.321 e. The van der Waals surface area contributed by atoms with E-state index in [9.17, 15) is 14.4 Å². The summed E-state index contributed by atoms with van der Waals surface area (Å²) in [4.78, 5) is 37.4. The van der Waals surface area contributed by atoms with Crippen molar-refractivity contribution in [3.63, 3.8) is 0 Å². The number of carbonyl (C=O) groups is 3. The summed E-state index contributed by atoms with van der Waals surface area (Å²) in [6.07, 6.45) is 1.87. The highest BCUT2D eigenvalue weighted by atomic mass is 32.2. The standard InChI is InChI=1S/C12H21N5O3S/c1-4-5-6-17(3)9-12(8(13)18,7-21-16-9)10(19)15-11(20)14-2/h4-7H2,1-3H3,(H2,13,18)(H2,14,15,19,20). The molecule has 4 N–H and O–H groups in total. The van der Waals surface area contributed by atoms with Gasteiger partial charge >= 0.3 is 6.03 Å². The molecule has 0 saturated heterocycles. The maximum atomic E-state index is 12.4. The van der Waals surface area contributed by atoms with Crippen molar-refractivity contribution in [3.8, 4) is 0 Å². The number of urea groups is 1. The molecule has 9 heteroatoms. The number of hydrogen-bond acceptors (Lipinski definition) is 6. The Labute approximate surface area is 128 Å². The smallest absolute Gasteiger partial charge is 0.321 e. The fourth-order valence-electron chi connectivity index (χ4n) is 1.96. The third kappa shape index (κ3) is 3.46. The van der Waals surface area contributed by atoms with Crippen LogP contribution >= 0.6 is 11.9 Å². The number of amidine groups is 1. The molecule has 1 aliphatic heterocycles. The minimum absolute atomic E-state index is 0.0942. The number of imide groups is 1. The van der Waals surface area contributed by atoms with Crippen molar-refractivity contribution in [1.82, 2.24) is 15.5 Å². The number of carbonyl (C=O) groups excluding carboxylic acids is 3. The molecule has 0 saturated carbocycles. The number of rotatable bonds is 5. The lowest BCUT2D eigenvalue weighted by molar-refractivity contribution is -0.135. The average Bonchev–Trinajstić information content (AvgIpc) is 2.90. The Bertz CT molecular complexity index is 468. The zero-order chi connectivity index (χ0) is 16.0. The normalized spacial score (nSPS) is 20.6. The van der Waals surface area contributed by atoms with Crippen molar-refractivity contribution < 1.29 is 14.4 Å². The summed E-state index contributed by atoms with van der Waals surface area (Å²) >= 11 is 1.10. The molecule has 0 bridgehead atoms. The van der Waals surface area contributed by atoms with Crippen molar-refractivity contribution in [2.75, 3.05) is 26.4 Å². The van der Waals surface area contributed by atoms with Crippen LogP contribution in [0.2, 0.25) is 0 Å². The summed E-state index contributed by atoms with van der Waals surface area (Å²) in [7, 11) is 3.14. The molecule has 1 atom stereocenters. The summed E-state index contributed by atoms with van der Waals surface area (Å²) in [6, 6.07) is -0.687. The van der Waals surface area contributed by atoms with E-state index in [1.54, 1.807) is 11.9 Å². The molecular formula is C12H21N5O3S. The van der Waals surface area contributed by atoms with Gasteiger partial charge in [0, 0.05) is 26.4 Å². The molecule has 1 heterocycles. The third-order valence-electron chi connectivity index (χ3n) is 3.28. The van der Waals surface area contributed by atoms with Gasteiger partial charge in [-0.1, -0.05) is 13.3 Å². The second kappa shape index (κ2) is 7.30. The number of nitrogens with two attached hydrogens (primary N) is 1. The van der Waals surface area contributed by atoms with Crippen LogP contribution in [-0.4, -0.2) is 55.0 Å². The van der Waals surface area contributed by atoms with E-state index in [0.717, 1.165) is 24.8 Å². The van der Waals surface area contributed by atoms with Gasteiger partial charge in [-0.3, -0.25) is 14.9 Å². The van der Waals surface area contributed by atoms with Gasteiger partial charge in [0.1, 0.15) is 5.84 Å². The molecule has 8 nitrogen and oxygen atoms in total. The van der Waals surface area contributed by atoms with Gasteiger partial charge < -0.3 is 16.0 Å². The van der Waals surface area contributed by atoms with Crippen molar-refractivity contribution in [3.05, 3.63) is 0 Å². The first-order chi connectivity index (χ1) is 9.90. The Kier molecular flexibility index (Phi) is 6.01. The third-order valence-corrected chi connectivity index (χ3v) is 4.15. The molecule has 21 heavy (non-hydrogen) atoms. The van der Waals surface area contributed by atoms with Crippen LogP contribution < -0.4 is 16.4 Å². The highest BCUT2D eigenvalue weighted by Gasteiger charge is 2.54. The van der Waals surface area contributed by atoms with Crippen LogP contribution in [-0.2, 0) is 9.59 Å². The van der Waals surface area contributed by atoms with Crippen LogP contribution in [0.15, 0.2) is 4.40 Å². The summed E-state index contributed by atoms with van der Waals surface area (Å²) < 4.78 is 4.18. The predicted octanol–water partition coefficient (Wildman–Crippen LogP) is -0.294. The van der Waals surface area contributed by atoms with Gasteiger partial charge in [0.15, 0.2) is 5.41 Å². The first-order valence-electron chi connectivity index (χ1n) is 6.64. The Morgan fingerprint density at radius 1 is 1.48 bits per heavy atom. The van der Waals surface area contributed by atoms with E-state index in [1.165, 1.54) is 7.05 Å². The summed E-state index contributed by atoms with van der Waals surface area (Å²) in [5.74, 6) is -1.16. The predicted molar refractivity (Wildman–Crippen MR) is 81.7 cm³/mol. The monoisotopic (exact) mass is 315 g/mol. The Morgan fingerprint density at radius 2 is 2.14 bits per heavy atom. The first-order valence-corrected chi connectivity index (χ1v) is 7.59. The molecule has 1 unspecified atom stereocenters. The molecule has 118 valence electrons. The van der Waals surface area contributed by atoms with Crippen molar-refractivity contribution in [1.29, 1.82) is 0 Å². The molecule has 0 aliphatic carbocycles. The zero-order valence-corrected chi connectivity index (χ0v) is 13.2. The number of unbranched alkanes of at least 4 members (excludes halogenated alkanes) is 1. The van der Waals surface area contributed by atoms with Crippen molar-refractivity contribution in [2.24, 2.45) is 15.5 Å². The van der Waals surface area contributed by atoms with Gasteiger partial charge in [-0.2, -0.15) is 0 Å². The second-order valence-electron chi connectivity index (χ2n) is 4.77. The first kappa shape index (κ1) is 17.3. The highest BCUT2D eigenvalue weighted by Crippen LogP contribution is 2.35. The SMILES string of the molecule is CCCCN(C)C1=NSCC1(C(N)=O)C(=O)NC(=O)NC. The minimum atomic E-state index is -1.61. The van der Waals surface area contributed by atoms with Gasteiger partial charge in [0.25, 0.3) is 5.91 Å². The molecule has 0 fully saturated rings. The van der Waals surface area contributed by atoms with Crippen LogP contribution in [0.3, 0.4) is 0 Å². The lowest BCUT2D eigenvalue weighted by Crippen LogP contribution is -2.60. The quantitative estimate of drug-likeness (QED) is 0.476. The Hall–Kier alpha value is -1.77. The maximum absolute atomic E-state index is 12.4. The van der Waals surface area contributed by atoms with Gasteiger partial charge in [-0.05, 0) is 18.4 Å². The molecule has 0 aromatic carbocycles. The number of hydrogen-bond donors (Lipinski definition) is 3. The van der Waals surface area contributed by atoms with E-state index in [1.807, 2.05) is 6.92 Å². The zero-order valence-electron chi connectivity index (χ0n) is 12.4. The molecule has 4 amide bonds. The van der Waals surface area contributed by atoms with Gasteiger partial charge in [0.2, 0.25) is 5.91 Å². The van der Waals surface area contributed by atoms with Crippen LogP contribution in [0.5, 0.6) is 0 Å². The van der Waals surface area contributed by atoms with E-state index in [-0.39, 0.29) is 5.75 Å². The van der Waals surface area contributed by atoms with Crippen LogP contribution in [0.4, 0.5) is 4.79 Å². The largest absolute Gasteiger partial charge is 0.368 e. The average molecular weight is 315 g/mol. The van der Waals surface area contributed by atoms with E-state index in [4.69, 9.17) is 5.73 Å². The van der Waals surface area contributed by atoms with Crippen LogP contribution in [0.25, 0.3) is 0 Å². The van der Waals surface area contributed by atoms with E-state index in [2.05, 4.69) is 15.0 Å². The lowest BCUT2D eigenvalue weighted by atomic mass is 9.86. The molecule has 1 rings (SSSR count). The van der Waals surface area contributed by atoms with Crippen LogP contribution in [0.1, 0.15) is 19.8 Å². The fourth-order valence-corrected chi connectivity index (χ4v) is 3.04. The molecule has 0 aromatic rings. The topological polar surface area (TPSA) is 117 Å². The number of primary amides is 1. The van der Waals surface area contributed by atoms with Gasteiger partial charge in [0.05, 0.1) is 0 Å². The van der Waals surface area contributed by atoms with Gasteiger partial charge in [-0.15, -0.1) is 0 Å². The summed E-state index contributed by atoms with van der Waals surface area (Å²) in [5, 5.41) is 4.39. The van der Waals surface area contributed by atoms with Crippen molar-refractivity contribution >= 4 is 35.6 Å². The van der Waals surface area contributed by atoms with E-state index in [0.29, 0.717) is 12.4 Å². The molecular weight excluding hydrogens is 294 g/mol. The Balaban J connectivity index is 3.04. The molecule has 0 radical (unpaired) electrons. The highest BCUT2D eigenvalue weighted by molar-refractivity contribution is 7.98. The second-order valence-corrected chi connectivity index (χ2v) is 5.50. The number of nitrogens with one attached hydrogen (secondary N) is 2. The molecule has 0 spiro atoms. The van der Waals surface area contributed by atoms with Crippen molar-refractivity contribution in [2.45, 2.75) is 19.8 Å². The minimum Gasteiger partial charge on any atom is -0.368 e. The van der Waals surface area contributed by atoms with Gasteiger partial charge in [-0.25, -0.2) is 9.19 Å². The fraction of sp³-hybridized carbons (Fsp3) is 0.667. The molecule has 0 aromatic heterocycles. The lowest BCUT2D eigenvalue weighted by Gasteiger charge is -2.30. The molecule has 1 aliphatic rings. The van der Waals surface area contributed by atoms with Crippen LogP contribution in [0, 0.1) is 5.41 Å². The summed E-state index contributed by atoms with van der Waals surface area (Å²) in [6.45, 7) is 2.69. The number of nitrogens with zero attached hydrogens (tertiary/aromatic N) is 2. The Morgan fingerprint density at radius 3 is 2.67 bits per heavy atom. The van der Waals surface area contributed by atoms with E-state index >= 15 is 0 Å². The van der Waals surface area contributed by atoms with E-state index < -0.39 is 23.3 Å². The number of amides is 4. The summed E-state index contributed by atoms with van der Waals surface area (Å²) in [5.41, 5.74) is 3.84.